The second-order valence-corrected chi connectivity index (χ2v) is 7.88. The molecule has 1 aliphatic carbocycles. The average molecular weight is 511 g/mol. The molecule has 3 heterocycles. The standard InChI is InChI=1S/C22H22F4N4O.C2H6.CH2O2/c1-13-6-5-9-27-20(13)29-19(22(24,25)26)16-10-15(23)12-30-18(31)11-17(28-21(16)30)14-7-3-2-4-8-14;1-2;2-1-3/h5-7,9-12,19-20,27,29H,2-4,8H2,1H3;1-2H3;1H,(H,2,3). The molecule has 0 fully saturated rings. The van der Waals surface area contributed by atoms with Gasteiger partial charge in [-0.1, -0.05) is 26.0 Å². The monoisotopic (exact) mass is 510 g/mol. The van der Waals surface area contributed by atoms with Crippen molar-refractivity contribution in [2.75, 3.05) is 0 Å². The largest absolute Gasteiger partial charge is 0.483 e. The zero-order chi connectivity index (χ0) is 26.9. The van der Waals surface area contributed by atoms with Crippen LogP contribution in [0.15, 0.2) is 53.1 Å². The fraction of sp³-hybridized carbons (Fsp3) is 0.400. The first-order valence-corrected chi connectivity index (χ1v) is 11.6. The summed E-state index contributed by atoms with van der Waals surface area (Å²) in [5, 5.41) is 12.2. The van der Waals surface area contributed by atoms with Crippen molar-refractivity contribution in [2.45, 2.75) is 64.8 Å². The summed E-state index contributed by atoms with van der Waals surface area (Å²) in [6, 6.07) is -0.194. The molecule has 0 radical (unpaired) electrons. The van der Waals surface area contributed by atoms with E-state index in [4.69, 9.17) is 9.90 Å². The van der Waals surface area contributed by atoms with Gasteiger partial charge in [-0.3, -0.25) is 19.3 Å². The number of pyridine rings is 1. The van der Waals surface area contributed by atoms with Crippen LogP contribution in [0.25, 0.3) is 11.2 Å². The lowest BCUT2D eigenvalue weighted by Gasteiger charge is -2.30. The Morgan fingerprint density at radius 2 is 1.97 bits per heavy atom. The van der Waals surface area contributed by atoms with Crippen molar-refractivity contribution in [3.63, 3.8) is 0 Å². The number of rotatable bonds is 4. The van der Waals surface area contributed by atoms with Crippen LogP contribution in [0, 0.1) is 5.82 Å². The second kappa shape index (κ2) is 13.0. The van der Waals surface area contributed by atoms with Crippen molar-refractivity contribution in [3.8, 4) is 0 Å². The topological polar surface area (TPSA) is 95.7 Å². The highest BCUT2D eigenvalue weighted by Crippen LogP contribution is 2.36. The molecule has 2 aliphatic rings. The summed E-state index contributed by atoms with van der Waals surface area (Å²) in [4.78, 5) is 25.4. The van der Waals surface area contributed by atoms with Crippen LogP contribution >= 0.6 is 0 Å². The van der Waals surface area contributed by atoms with Crippen molar-refractivity contribution < 1.29 is 27.5 Å². The van der Waals surface area contributed by atoms with E-state index in [2.05, 4.69) is 15.6 Å². The number of nitrogens with one attached hydrogen (secondary N) is 2. The van der Waals surface area contributed by atoms with Gasteiger partial charge in [0.25, 0.3) is 12.0 Å². The van der Waals surface area contributed by atoms with Gasteiger partial charge >= 0.3 is 6.18 Å². The molecule has 0 saturated carbocycles. The third-order valence-corrected chi connectivity index (χ3v) is 5.52. The first kappa shape index (κ1) is 28.8. The van der Waals surface area contributed by atoms with E-state index >= 15 is 0 Å². The van der Waals surface area contributed by atoms with E-state index < -0.39 is 35.3 Å². The van der Waals surface area contributed by atoms with Crippen LogP contribution in [-0.2, 0) is 4.79 Å². The van der Waals surface area contributed by atoms with Crippen LogP contribution in [-0.4, -0.2) is 33.3 Å². The molecule has 1 aliphatic heterocycles. The summed E-state index contributed by atoms with van der Waals surface area (Å²) in [5.41, 5.74) is 0.535. The number of hydrogen-bond donors (Lipinski definition) is 3. The van der Waals surface area contributed by atoms with Crippen LogP contribution in [0.4, 0.5) is 17.6 Å². The Bertz CT molecular complexity index is 1200. The molecule has 2 unspecified atom stereocenters. The molecule has 196 valence electrons. The number of allylic oxidation sites excluding steroid dienone is 4. The molecule has 2 aromatic heterocycles. The van der Waals surface area contributed by atoms with Gasteiger partial charge in [0.2, 0.25) is 0 Å². The van der Waals surface area contributed by atoms with E-state index in [0.29, 0.717) is 17.7 Å². The fourth-order valence-electron chi connectivity index (χ4n) is 3.93. The molecule has 7 nitrogen and oxygen atoms in total. The normalized spacial score (nSPS) is 17.9. The molecular formula is C25H30F4N4O3. The van der Waals surface area contributed by atoms with Crippen molar-refractivity contribution in [2.24, 2.45) is 0 Å². The molecule has 0 bridgehead atoms. The molecule has 0 amide bonds. The number of hydrogen-bond acceptors (Lipinski definition) is 5. The van der Waals surface area contributed by atoms with Crippen molar-refractivity contribution >= 4 is 17.7 Å². The van der Waals surface area contributed by atoms with Gasteiger partial charge in [-0.15, -0.1) is 0 Å². The Balaban J connectivity index is 0.000000850. The molecule has 0 aromatic carbocycles. The minimum absolute atomic E-state index is 0.210. The number of carbonyl (C=O) groups is 1. The van der Waals surface area contributed by atoms with Crippen LogP contribution in [0.3, 0.4) is 0 Å². The van der Waals surface area contributed by atoms with Crippen LogP contribution in [0.5, 0.6) is 0 Å². The summed E-state index contributed by atoms with van der Waals surface area (Å²) in [6.07, 6.45) is 5.60. The zero-order valence-electron chi connectivity index (χ0n) is 20.3. The summed E-state index contributed by atoms with van der Waals surface area (Å²) in [7, 11) is 0. The first-order chi connectivity index (χ1) is 17.2. The van der Waals surface area contributed by atoms with Gasteiger partial charge in [0.15, 0.2) is 0 Å². The van der Waals surface area contributed by atoms with E-state index in [1.165, 1.54) is 12.3 Å². The Hall–Kier alpha value is -3.47. The Kier molecular flexibility index (Phi) is 10.4. The van der Waals surface area contributed by atoms with Crippen molar-refractivity contribution in [1.82, 2.24) is 20.0 Å². The SMILES string of the molecule is CC.CC1=CC=CNC1NC(c1cc(F)cn2c(=O)cc(C3=CCCCC3)nc12)C(F)(F)F.O=CO. The number of aromatic nitrogens is 2. The van der Waals surface area contributed by atoms with Crippen molar-refractivity contribution in [1.29, 1.82) is 0 Å². The Labute approximate surface area is 206 Å². The van der Waals surface area contributed by atoms with E-state index in [1.807, 2.05) is 19.9 Å². The third-order valence-electron chi connectivity index (χ3n) is 5.52. The number of fused-ring (bicyclic) bond motifs is 1. The van der Waals surface area contributed by atoms with Gasteiger partial charge in [0, 0.05) is 17.8 Å². The molecular weight excluding hydrogens is 480 g/mol. The maximum absolute atomic E-state index is 14.3. The highest BCUT2D eigenvalue weighted by molar-refractivity contribution is 5.65. The minimum atomic E-state index is -4.75. The van der Waals surface area contributed by atoms with Crippen LogP contribution < -0.4 is 16.2 Å². The summed E-state index contributed by atoms with van der Waals surface area (Å²) < 4.78 is 57.5. The zero-order valence-corrected chi connectivity index (χ0v) is 20.3. The van der Waals surface area contributed by atoms with Gasteiger partial charge < -0.3 is 10.4 Å². The third kappa shape index (κ3) is 7.03. The van der Waals surface area contributed by atoms with Crippen molar-refractivity contribution in [3.05, 3.63) is 75.8 Å². The van der Waals surface area contributed by atoms with Gasteiger partial charge in [0.05, 0.1) is 11.9 Å². The van der Waals surface area contributed by atoms with Gasteiger partial charge in [-0.2, -0.15) is 13.2 Å². The van der Waals surface area contributed by atoms with Gasteiger partial charge in [0.1, 0.15) is 17.5 Å². The molecule has 11 heteroatoms. The minimum Gasteiger partial charge on any atom is -0.483 e. The highest BCUT2D eigenvalue weighted by Gasteiger charge is 2.43. The van der Waals surface area contributed by atoms with E-state index in [1.54, 1.807) is 19.1 Å². The van der Waals surface area contributed by atoms with Crippen LogP contribution in [0.2, 0.25) is 0 Å². The molecule has 3 N–H and O–H groups in total. The lowest BCUT2D eigenvalue weighted by molar-refractivity contribution is -0.159. The smallest absolute Gasteiger partial charge is 0.408 e. The fourth-order valence-corrected chi connectivity index (χ4v) is 3.93. The first-order valence-electron chi connectivity index (χ1n) is 11.6. The molecule has 4 rings (SSSR count). The summed E-state index contributed by atoms with van der Waals surface area (Å²) >= 11 is 0. The highest BCUT2D eigenvalue weighted by atomic mass is 19.4. The predicted molar refractivity (Wildman–Crippen MR) is 130 cm³/mol. The molecule has 2 aromatic rings. The summed E-state index contributed by atoms with van der Waals surface area (Å²) in [5.74, 6) is -0.948. The van der Waals surface area contributed by atoms with E-state index in [0.717, 1.165) is 41.5 Å². The number of carboxylic acid groups (broad SMARTS) is 1. The maximum Gasteiger partial charge on any atom is 0.408 e. The Morgan fingerprint density at radius 1 is 1.28 bits per heavy atom. The molecule has 36 heavy (non-hydrogen) atoms. The van der Waals surface area contributed by atoms with E-state index in [-0.39, 0.29) is 12.1 Å². The second-order valence-electron chi connectivity index (χ2n) is 7.88. The lowest BCUT2D eigenvalue weighted by Crippen LogP contribution is -2.48. The number of halogens is 4. The maximum atomic E-state index is 14.3. The van der Waals surface area contributed by atoms with Gasteiger partial charge in [-0.25, -0.2) is 9.37 Å². The predicted octanol–water partition coefficient (Wildman–Crippen LogP) is 5.10. The Morgan fingerprint density at radius 3 is 2.56 bits per heavy atom. The van der Waals surface area contributed by atoms with Crippen LogP contribution in [0.1, 0.15) is 63.8 Å². The quantitative estimate of drug-likeness (QED) is 0.391. The average Bonchev–Trinajstić information content (AvgIpc) is 2.85. The molecule has 2 atom stereocenters. The van der Waals surface area contributed by atoms with E-state index in [9.17, 15) is 22.4 Å². The molecule has 0 spiro atoms. The number of alkyl halides is 3. The number of dihydropyridines is 1. The summed E-state index contributed by atoms with van der Waals surface area (Å²) in [6.45, 7) is 5.43. The van der Waals surface area contributed by atoms with Gasteiger partial charge in [-0.05, 0) is 62.1 Å². The lowest BCUT2D eigenvalue weighted by atomic mass is 9.97. The molecule has 0 saturated heterocycles. The number of nitrogens with zero attached hydrogens (tertiary/aromatic N) is 2.